The number of carbonyl (C=O) groups is 1. The van der Waals surface area contributed by atoms with E-state index in [0.29, 0.717) is 30.3 Å². The largest absolute Gasteiger partial charge is 0.508 e. The molecule has 2 atom stereocenters. The molecule has 1 aromatic carbocycles. The van der Waals surface area contributed by atoms with Crippen LogP contribution in [0.15, 0.2) is 24.3 Å². The van der Waals surface area contributed by atoms with Crippen LogP contribution in [0.25, 0.3) is 0 Å². The Kier molecular flexibility index (Phi) is 5.29. The number of phenolic OH excluding ortho intramolecular Hbond substituents is 1. The molecule has 2 fully saturated rings. The highest BCUT2D eigenvalue weighted by molar-refractivity contribution is 5.77. The molecule has 5 heteroatoms. The van der Waals surface area contributed by atoms with E-state index in [2.05, 4.69) is 23.6 Å². The van der Waals surface area contributed by atoms with Crippen molar-refractivity contribution >= 4 is 11.6 Å². The molecule has 3 rings (SSSR count). The molecular weight excluding hydrogens is 302 g/mol. The fourth-order valence-corrected chi connectivity index (χ4v) is 4.14. The minimum absolute atomic E-state index is 0.304. The number of anilines is 1. The first-order chi connectivity index (χ1) is 11.5. The van der Waals surface area contributed by atoms with Crippen LogP contribution in [0.4, 0.5) is 5.69 Å². The first kappa shape index (κ1) is 17.1. The van der Waals surface area contributed by atoms with E-state index in [0.717, 1.165) is 44.7 Å². The predicted octanol–water partition coefficient (Wildman–Crippen LogP) is 0.887. The zero-order chi connectivity index (χ0) is 17.1. The summed E-state index contributed by atoms with van der Waals surface area (Å²) in [5.74, 6) is 0.626. The van der Waals surface area contributed by atoms with Crippen molar-refractivity contribution < 1.29 is 14.8 Å². The molecule has 2 aliphatic rings. The maximum Gasteiger partial charge on any atom is 0.278 e. The van der Waals surface area contributed by atoms with Crippen LogP contribution in [-0.2, 0) is 4.79 Å². The molecule has 24 heavy (non-hydrogen) atoms. The lowest BCUT2D eigenvalue weighted by molar-refractivity contribution is -0.892. The molecule has 0 aromatic heterocycles. The Morgan fingerprint density at radius 1 is 1.12 bits per heavy atom. The van der Waals surface area contributed by atoms with E-state index in [9.17, 15) is 9.90 Å². The van der Waals surface area contributed by atoms with Gasteiger partial charge in [0.2, 0.25) is 0 Å². The zero-order valence-electron chi connectivity index (χ0n) is 14.9. The van der Waals surface area contributed by atoms with Crippen LogP contribution in [-0.4, -0.2) is 60.7 Å². The summed E-state index contributed by atoms with van der Waals surface area (Å²) >= 11 is 0. The number of nitrogens with zero attached hydrogens (tertiary/aromatic N) is 2. The summed E-state index contributed by atoms with van der Waals surface area (Å²) in [5, 5.41) is 9.40. The molecule has 0 spiro atoms. The smallest absolute Gasteiger partial charge is 0.278 e. The van der Waals surface area contributed by atoms with Crippen molar-refractivity contribution in [1.29, 1.82) is 0 Å². The van der Waals surface area contributed by atoms with Gasteiger partial charge in [-0.3, -0.25) is 4.79 Å². The lowest BCUT2D eigenvalue weighted by Crippen LogP contribution is -3.16. The minimum Gasteiger partial charge on any atom is -0.508 e. The Balaban J connectivity index is 1.51. The van der Waals surface area contributed by atoms with Crippen molar-refractivity contribution in [2.75, 3.05) is 37.6 Å². The highest BCUT2D eigenvalue weighted by Crippen LogP contribution is 2.22. The fourth-order valence-electron chi connectivity index (χ4n) is 4.14. The van der Waals surface area contributed by atoms with Crippen LogP contribution in [0.1, 0.15) is 33.1 Å². The Morgan fingerprint density at radius 2 is 1.71 bits per heavy atom. The second-order valence-corrected chi connectivity index (χ2v) is 7.36. The van der Waals surface area contributed by atoms with Gasteiger partial charge in [-0.1, -0.05) is 0 Å². The average Bonchev–Trinajstić information content (AvgIpc) is 2.56. The summed E-state index contributed by atoms with van der Waals surface area (Å²) in [6.45, 7) is 8.89. The van der Waals surface area contributed by atoms with Gasteiger partial charge in [-0.15, -0.1) is 0 Å². The highest BCUT2D eigenvalue weighted by Gasteiger charge is 2.32. The Morgan fingerprint density at radius 3 is 2.29 bits per heavy atom. The molecule has 2 N–H and O–H groups in total. The van der Waals surface area contributed by atoms with Gasteiger partial charge in [-0.2, -0.15) is 0 Å². The summed E-state index contributed by atoms with van der Waals surface area (Å²) < 4.78 is 0. The lowest BCUT2D eigenvalue weighted by Gasteiger charge is -2.40. The minimum atomic E-state index is 0.304. The van der Waals surface area contributed by atoms with Gasteiger partial charge in [0.05, 0.1) is 26.2 Å². The molecule has 0 saturated carbocycles. The second-order valence-electron chi connectivity index (χ2n) is 7.36. The van der Waals surface area contributed by atoms with Gasteiger partial charge >= 0.3 is 0 Å². The van der Waals surface area contributed by atoms with Crippen LogP contribution < -0.4 is 9.80 Å². The number of piperidine rings is 1. The van der Waals surface area contributed by atoms with Crippen LogP contribution in [0.5, 0.6) is 5.75 Å². The van der Waals surface area contributed by atoms with Crippen molar-refractivity contribution in [3.05, 3.63) is 24.3 Å². The molecule has 0 unspecified atom stereocenters. The predicted molar refractivity (Wildman–Crippen MR) is 95.5 cm³/mol. The van der Waals surface area contributed by atoms with Gasteiger partial charge in [-0.05, 0) is 57.4 Å². The first-order valence-electron chi connectivity index (χ1n) is 9.23. The van der Waals surface area contributed by atoms with E-state index in [-0.39, 0.29) is 0 Å². The normalized spacial score (nSPS) is 25.8. The van der Waals surface area contributed by atoms with Crippen LogP contribution in [0.2, 0.25) is 0 Å². The van der Waals surface area contributed by atoms with Gasteiger partial charge in [0.15, 0.2) is 6.54 Å². The van der Waals surface area contributed by atoms with E-state index in [4.69, 9.17) is 0 Å². The number of likely N-dealkylation sites (tertiary alicyclic amines) is 1. The van der Waals surface area contributed by atoms with Gasteiger partial charge in [-0.25, -0.2) is 0 Å². The van der Waals surface area contributed by atoms with E-state index < -0.39 is 0 Å². The quantitative estimate of drug-likeness (QED) is 0.864. The van der Waals surface area contributed by atoms with Gasteiger partial charge in [0.25, 0.3) is 5.91 Å². The Labute approximate surface area is 144 Å². The Hall–Kier alpha value is -1.75. The molecular formula is C19H30N3O2+. The van der Waals surface area contributed by atoms with Crippen molar-refractivity contribution in [3.63, 3.8) is 0 Å². The molecule has 2 saturated heterocycles. The summed E-state index contributed by atoms with van der Waals surface area (Å²) in [5.41, 5.74) is 1.15. The highest BCUT2D eigenvalue weighted by atomic mass is 16.3. The molecule has 0 aliphatic carbocycles. The number of quaternary nitrogens is 1. The van der Waals surface area contributed by atoms with Crippen molar-refractivity contribution in [3.8, 4) is 5.75 Å². The molecule has 0 radical (unpaired) electrons. The van der Waals surface area contributed by atoms with E-state index in [1.54, 1.807) is 12.1 Å². The maximum atomic E-state index is 12.7. The van der Waals surface area contributed by atoms with E-state index in [1.807, 2.05) is 12.1 Å². The third-order valence-corrected chi connectivity index (χ3v) is 5.57. The SMILES string of the molecule is C[C@@H]1CCC[C@H](C)N1C(=O)C[NH+]1CCN(c2ccc(O)cc2)CC1. The van der Waals surface area contributed by atoms with Crippen molar-refractivity contribution in [2.24, 2.45) is 0 Å². The van der Waals surface area contributed by atoms with Crippen molar-refractivity contribution in [2.45, 2.75) is 45.2 Å². The third kappa shape index (κ3) is 3.83. The van der Waals surface area contributed by atoms with Gasteiger partial charge < -0.3 is 19.8 Å². The second kappa shape index (κ2) is 7.43. The summed E-state index contributed by atoms with van der Waals surface area (Å²) in [4.78, 5) is 18.6. The first-order valence-corrected chi connectivity index (χ1v) is 9.23. The number of aromatic hydroxyl groups is 1. The number of piperazine rings is 1. The number of benzene rings is 1. The van der Waals surface area contributed by atoms with E-state index >= 15 is 0 Å². The lowest BCUT2D eigenvalue weighted by atomic mass is 9.97. The molecule has 2 aliphatic heterocycles. The Bertz CT molecular complexity index is 542. The summed E-state index contributed by atoms with van der Waals surface area (Å²) in [6.07, 6.45) is 3.52. The monoisotopic (exact) mass is 332 g/mol. The number of carbonyl (C=O) groups excluding carboxylic acids is 1. The molecule has 1 amide bonds. The molecule has 2 heterocycles. The molecule has 132 valence electrons. The van der Waals surface area contributed by atoms with Crippen LogP contribution in [0.3, 0.4) is 0 Å². The number of phenols is 1. The average molecular weight is 332 g/mol. The van der Waals surface area contributed by atoms with Crippen LogP contribution >= 0.6 is 0 Å². The van der Waals surface area contributed by atoms with E-state index in [1.165, 1.54) is 11.3 Å². The zero-order valence-corrected chi connectivity index (χ0v) is 14.9. The number of hydrogen-bond acceptors (Lipinski definition) is 3. The number of nitrogens with one attached hydrogen (secondary N) is 1. The fraction of sp³-hybridized carbons (Fsp3) is 0.632. The number of rotatable bonds is 3. The van der Waals surface area contributed by atoms with Gasteiger partial charge in [0.1, 0.15) is 5.75 Å². The van der Waals surface area contributed by atoms with Gasteiger partial charge in [0, 0.05) is 17.8 Å². The van der Waals surface area contributed by atoms with Crippen LogP contribution in [0, 0.1) is 0 Å². The topological polar surface area (TPSA) is 48.2 Å². The summed E-state index contributed by atoms with van der Waals surface area (Å²) in [7, 11) is 0. The summed E-state index contributed by atoms with van der Waals surface area (Å²) in [6, 6.07) is 8.16. The maximum absolute atomic E-state index is 12.7. The number of amides is 1. The molecule has 5 nitrogen and oxygen atoms in total. The third-order valence-electron chi connectivity index (χ3n) is 5.57. The number of hydrogen-bond donors (Lipinski definition) is 2. The molecule has 0 bridgehead atoms. The standard InChI is InChI=1S/C19H29N3O2/c1-15-4-3-5-16(2)22(15)19(24)14-20-10-12-21(13-11-20)17-6-8-18(23)9-7-17/h6-9,15-16,23H,3-5,10-14H2,1-2H3/p+1/t15-,16+. The van der Waals surface area contributed by atoms with Crippen molar-refractivity contribution in [1.82, 2.24) is 4.90 Å². The molecule has 1 aromatic rings.